The van der Waals surface area contributed by atoms with Crippen LogP contribution in [0.1, 0.15) is 63.9 Å². The van der Waals surface area contributed by atoms with Gasteiger partial charge in [0, 0.05) is 17.7 Å². The second-order valence-corrected chi connectivity index (χ2v) is 6.23. The minimum atomic E-state index is -0.403. The second-order valence-electron chi connectivity index (χ2n) is 6.23. The zero-order chi connectivity index (χ0) is 18.0. The number of Topliss-reactive ketones (excluding diaryl/α,β-unsaturated/α-hetero) is 1. The van der Waals surface area contributed by atoms with Gasteiger partial charge in [-0.1, -0.05) is 12.1 Å². The Hall–Kier alpha value is -2.56. The molecule has 1 unspecified atom stereocenters. The summed E-state index contributed by atoms with van der Waals surface area (Å²) in [5.74, 6) is 0.599. The summed E-state index contributed by atoms with van der Waals surface area (Å²) in [5, 5.41) is 0. The quantitative estimate of drug-likeness (QED) is 0.840. The van der Waals surface area contributed by atoms with Crippen LogP contribution in [0.25, 0.3) is 0 Å². The number of aromatic amines is 1. The van der Waals surface area contributed by atoms with Gasteiger partial charge in [-0.3, -0.25) is 4.79 Å². The van der Waals surface area contributed by atoms with E-state index in [2.05, 4.69) is 4.98 Å². The van der Waals surface area contributed by atoms with Crippen LogP contribution in [-0.2, 0) is 11.2 Å². The third-order valence-corrected chi connectivity index (χ3v) is 4.63. The Morgan fingerprint density at radius 2 is 1.88 bits per heavy atom. The van der Waals surface area contributed by atoms with Crippen molar-refractivity contribution in [3.8, 4) is 5.75 Å². The number of hydrogen-bond donors (Lipinski definition) is 1. The summed E-state index contributed by atoms with van der Waals surface area (Å²) in [5.41, 5.74) is 3.68. The fourth-order valence-corrected chi connectivity index (χ4v) is 3.48. The van der Waals surface area contributed by atoms with Crippen LogP contribution in [0.15, 0.2) is 24.3 Å². The van der Waals surface area contributed by atoms with E-state index in [0.29, 0.717) is 42.9 Å². The fourth-order valence-electron chi connectivity index (χ4n) is 3.48. The number of rotatable bonds is 5. The normalized spacial score (nSPS) is 16.4. The summed E-state index contributed by atoms with van der Waals surface area (Å²) in [6, 6.07) is 7.89. The number of carbonyl (C=O) groups is 2. The van der Waals surface area contributed by atoms with Gasteiger partial charge in [0.25, 0.3) is 0 Å². The largest absolute Gasteiger partial charge is 0.494 e. The molecule has 0 saturated heterocycles. The number of nitrogens with one attached hydrogen (secondary N) is 1. The Labute approximate surface area is 147 Å². The summed E-state index contributed by atoms with van der Waals surface area (Å²) in [6.07, 6.45) is 1.15. The molecule has 25 heavy (non-hydrogen) atoms. The number of aromatic nitrogens is 1. The Bertz CT molecular complexity index is 789. The zero-order valence-electron chi connectivity index (χ0n) is 14.8. The van der Waals surface area contributed by atoms with E-state index in [4.69, 9.17) is 9.47 Å². The second kappa shape index (κ2) is 7.13. The van der Waals surface area contributed by atoms with Gasteiger partial charge in [0.05, 0.1) is 13.2 Å². The zero-order valence-corrected chi connectivity index (χ0v) is 14.8. The average molecular weight is 341 g/mol. The molecule has 0 saturated carbocycles. The first kappa shape index (κ1) is 17.3. The fraction of sp³-hybridized carbons (Fsp3) is 0.400. The molecule has 1 aromatic carbocycles. The Balaban J connectivity index is 1.87. The number of fused-ring (bicyclic) bond motifs is 1. The molecule has 0 fully saturated rings. The first-order chi connectivity index (χ1) is 12.0. The third-order valence-electron chi connectivity index (χ3n) is 4.63. The SMILES string of the molecule is CCOC(=O)c1[nH]c2c(c1C)C(=O)CC(c1ccc(OCC)cc1)C2. The highest BCUT2D eigenvalue weighted by Crippen LogP contribution is 2.35. The summed E-state index contributed by atoms with van der Waals surface area (Å²) in [6.45, 7) is 6.46. The molecule has 0 radical (unpaired) electrons. The average Bonchev–Trinajstić information content (AvgIpc) is 2.93. The van der Waals surface area contributed by atoms with E-state index < -0.39 is 5.97 Å². The van der Waals surface area contributed by atoms with E-state index in [1.807, 2.05) is 31.2 Å². The van der Waals surface area contributed by atoms with Crippen LogP contribution in [-0.4, -0.2) is 30.0 Å². The van der Waals surface area contributed by atoms with Crippen LogP contribution < -0.4 is 4.74 Å². The number of H-pyrrole nitrogens is 1. The maximum absolute atomic E-state index is 12.7. The van der Waals surface area contributed by atoms with Crippen molar-refractivity contribution in [2.24, 2.45) is 0 Å². The molecule has 1 atom stereocenters. The summed E-state index contributed by atoms with van der Waals surface area (Å²) >= 11 is 0. The molecule has 132 valence electrons. The Morgan fingerprint density at radius 1 is 1.16 bits per heavy atom. The first-order valence-corrected chi connectivity index (χ1v) is 8.69. The maximum atomic E-state index is 12.7. The van der Waals surface area contributed by atoms with Crippen molar-refractivity contribution in [2.75, 3.05) is 13.2 Å². The summed E-state index contributed by atoms with van der Waals surface area (Å²) in [4.78, 5) is 27.8. The van der Waals surface area contributed by atoms with Gasteiger partial charge >= 0.3 is 5.97 Å². The standard InChI is InChI=1S/C20H23NO4/c1-4-24-15-8-6-13(7-9-15)14-10-16-18(17(22)11-14)12(3)19(21-16)20(23)25-5-2/h6-9,14,21H,4-5,10-11H2,1-3H3. The van der Waals surface area contributed by atoms with Gasteiger partial charge in [0.2, 0.25) is 0 Å². The molecule has 1 N–H and O–H groups in total. The van der Waals surface area contributed by atoms with E-state index >= 15 is 0 Å². The van der Waals surface area contributed by atoms with E-state index in [1.165, 1.54) is 0 Å². The van der Waals surface area contributed by atoms with Gasteiger partial charge in [-0.05, 0) is 56.4 Å². The van der Waals surface area contributed by atoms with Crippen LogP contribution >= 0.6 is 0 Å². The van der Waals surface area contributed by atoms with E-state index in [9.17, 15) is 9.59 Å². The molecule has 1 heterocycles. The smallest absolute Gasteiger partial charge is 0.355 e. The molecular weight excluding hydrogens is 318 g/mol. The number of carbonyl (C=O) groups excluding carboxylic acids is 2. The van der Waals surface area contributed by atoms with E-state index in [-0.39, 0.29) is 11.7 Å². The summed E-state index contributed by atoms with van der Waals surface area (Å²) < 4.78 is 10.5. The highest BCUT2D eigenvalue weighted by molar-refractivity contribution is 6.03. The number of hydrogen-bond acceptors (Lipinski definition) is 4. The molecule has 5 heteroatoms. The molecule has 0 bridgehead atoms. The molecule has 3 rings (SSSR count). The molecule has 0 aliphatic heterocycles. The van der Waals surface area contributed by atoms with Crippen LogP contribution in [0.2, 0.25) is 0 Å². The number of ketones is 1. The monoisotopic (exact) mass is 341 g/mol. The molecular formula is C20H23NO4. The molecule has 1 aromatic heterocycles. The lowest BCUT2D eigenvalue weighted by atomic mass is 9.81. The van der Waals surface area contributed by atoms with Gasteiger partial charge in [-0.25, -0.2) is 4.79 Å². The predicted molar refractivity (Wildman–Crippen MR) is 94.5 cm³/mol. The molecule has 2 aromatic rings. The number of esters is 1. The van der Waals surface area contributed by atoms with Crippen LogP contribution in [0.5, 0.6) is 5.75 Å². The van der Waals surface area contributed by atoms with Crippen molar-refractivity contribution in [2.45, 2.75) is 39.5 Å². The third kappa shape index (κ3) is 3.31. The van der Waals surface area contributed by atoms with Crippen molar-refractivity contribution in [3.63, 3.8) is 0 Å². The first-order valence-electron chi connectivity index (χ1n) is 8.69. The topological polar surface area (TPSA) is 68.4 Å². The van der Waals surface area contributed by atoms with Gasteiger partial charge in [-0.15, -0.1) is 0 Å². The highest BCUT2D eigenvalue weighted by Gasteiger charge is 2.32. The molecule has 0 spiro atoms. The van der Waals surface area contributed by atoms with Crippen LogP contribution in [0.4, 0.5) is 0 Å². The molecule has 0 amide bonds. The Morgan fingerprint density at radius 3 is 2.52 bits per heavy atom. The van der Waals surface area contributed by atoms with Gasteiger partial charge < -0.3 is 14.5 Å². The minimum absolute atomic E-state index is 0.0735. The van der Waals surface area contributed by atoms with Gasteiger partial charge in [0.1, 0.15) is 11.4 Å². The maximum Gasteiger partial charge on any atom is 0.355 e. The van der Waals surface area contributed by atoms with Crippen molar-refractivity contribution in [3.05, 3.63) is 52.3 Å². The van der Waals surface area contributed by atoms with Gasteiger partial charge in [-0.2, -0.15) is 0 Å². The number of ether oxygens (including phenoxy) is 2. The van der Waals surface area contributed by atoms with E-state index in [1.54, 1.807) is 13.8 Å². The highest BCUT2D eigenvalue weighted by atomic mass is 16.5. The van der Waals surface area contributed by atoms with Gasteiger partial charge in [0.15, 0.2) is 5.78 Å². The van der Waals surface area contributed by atoms with E-state index in [0.717, 1.165) is 17.0 Å². The molecule has 1 aliphatic rings. The lowest BCUT2D eigenvalue weighted by molar-refractivity contribution is 0.0519. The molecule has 1 aliphatic carbocycles. The van der Waals surface area contributed by atoms with Crippen LogP contribution in [0.3, 0.4) is 0 Å². The lowest BCUT2D eigenvalue weighted by Crippen LogP contribution is -2.18. The van der Waals surface area contributed by atoms with Crippen molar-refractivity contribution in [1.29, 1.82) is 0 Å². The minimum Gasteiger partial charge on any atom is -0.494 e. The van der Waals surface area contributed by atoms with Crippen molar-refractivity contribution >= 4 is 11.8 Å². The predicted octanol–water partition coefficient (Wildman–Crippen LogP) is 3.81. The van der Waals surface area contributed by atoms with Crippen molar-refractivity contribution < 1.29 is 19.1 Å². The molecule has 5 nitrogen and oxygen atoms in total. The Kier molecular flexibility index (Phi) is 4.93. The van der Waals surface area contributed by atoms with Crippen molar-refractivity contribution in [1.82, 2.24) is 4.98 Å². The lowest BCUT2D eigenvalue weighted by Gasteiger charge is -2.22. The summed E-state index contributed by atoms with van der Waals surface area (Å²) in [7, 11) is 0. The van der Waals surface area contributed by atoms with Crippen LogP contribution in [0, 0.1) is 6.92 Å². The number of benzene rings is 1.